The van der Waals surface area contributed by atoms with Gasteiger partial charge in [-0.25, -0.2) is 17.5 Å². The third-order valence-corrected chi connectivity index (χ3v) is 5.99. The van der Waals surface area contributed by atoms with E-state index in [-0.39, 0.29) is 16.1 Å². The number of amides is 1. The monoisotopic (exact) mass is 432 g/mol. The van der Waals surface area contributed by atoms with E-state index >= 15 is 0 Å². The molecule has 0 heterocycles. The molecule has 5 nitrogen and oxygen atoms in total. The van der Waals surface area contributed by atoms with Crippen LogP contribution in [0.25, 0.3) is 0 Å². The lowest BCUT2D eigenvalue weighted by atomic mass is 10.1. The Morgan fingerprint density at radius 1 is 1.00 bits per heavy atom. The van der Waals surface area contributed by atoms with Gasteiger partial charge in [0.15, 0.2) is 0 Å². The fourth-order valence-electron chi connectivity index (χ4n) is 2.70. The Bertz CT molecular complexity index is 1140. The summed E-state index contributed by atoms with van der Waals surface area (Å²) in [6.45, 7) is 1.70. The molecule has 0 spiro atoms. The fraction of sp³-hybridized carbons (Fsp3) is 0.0952. The first-order valence-corrected chi connectivity index (χ1v) is 10.6. The predicted molar refractivity (Wildman–Crippen MR) is 111 cm³/mol. The molecule has 3 aromatic rings. The van der Waals surface area contributed by atoms with E-state index in [9.17, 15) is 17.6 Å². The number of carbonyl (C=O) groups is 1. The summed E-state index contributed by atoms with van der Waals surface area (Å²) in [5.41, 5.74) is 0.902. The Morgan fingerprint density at radius 2 is 1.72 bits per heavy atom. The zero-order valence-electron chi connectivity index (χ0n) is 15.4. The van der Waals surface area contributed by atoms with E-state index in [1.165, 1.54) is 24.3 Å². The van der Waals surface area contributed by atoms with E-state index in [2.05, 4.69) is 10.0 Å². The lowest BCUT2D eigenvalue weighted by molar-refractivity contribution is 0.102. The molecule has 3 rings (SSSR count). The van der Waals surface area contributed by atoms with Gasteiger partial charge in [-0.05, 0) is 48.9 Å². The van der Waals surface area contributed by atoms with Crippen molar-refractivity contribution in [2.45, 2.75) is 17.9 Å². The number of sulfonamides is 1. The van der Waals surface area contributed by atoms with Gasteiger partial charge < -0.3 is 5.32 Å². The summed E-state index contributed by atoms with van der Waals surface area (Å²) in [5, 5.41) is 2.78. The summed E-state index contributed by atoms with van der Waals surface area (Å²) >= 11 is 5.85. The van der Waals surface area contributed by atoms with Gasteiger partial charge in [0.1, 0.15) is 5.82 Å². The minimum atomic E-state index is -3.95. The summed E-state index contributed by atoms with van der Waals surface area (Å²) in [4.78, 5) is 12.0. The first-order chi connectivity index (χ1) is 13.8. The first-order valence-electron chi connectivity index (χ1n) is 8.70. The van der Waals surface area contributed by atoms with Gasteiger partial charge in [-0.2, -0.15) is 0 Å². The fourth-order valence-corrected chi connectivity index (χ4v) is 4.13. The molecule has 1 atom stereocenters. The second kappa shape index (κ2) is 8.73. The van der Waals surface area contributed by atoms with E-state index < -0.39 is 27.8 Å². The van der Waals surface area contributed by atoms with Crippen LogP contribution in [0.15, 0.2) is 77.7 Å². The normalized spacial score (nSPS) is 12.4. The van der Waals surface area contributed by atoms with E-state index in [0.29, 0.717) is 5.02 Å². The zero-order chi connectivity index (χ0) is 21.0. The predicted octanol–water partition coefficient (Wildman–Crippen LogP) is 4.77. The molecule has 3 aromatic carbocycles. The van der Waals surface area contributed by atoms with E-state index in [0.717, 1.165) is 11.6 Å². The molecular weight excluding hydrogens is 415 g/mol. The highest BCUT2D eigenvalue weighted by Gasteiger charge is 2.20. The van der Waals surface area contributed by atoms with Gasteiger partial charge in [0.25, 0.3) is 5.91 Å². The number of carbonyl (C=O) groups excluding carboxylic acids is 1. The minimum absolute atomic E-state index is 0.134. The molecule has 0 aromatic heterocycles. The van der Waals surface area contributed by atoms with Crippen molar-refractivity contribution < 1.29 is 17.6 Å². The minimum Gasteiger partial charge on any atom is -0.319 e. The molecule has 0 fully saturated rings. The summed E-state index contributed by atoms with van der Waals surface area (Å²) in [6.07, 6.45) is 0. The van der Waals surface area contributed by atoms with Crippen LogP contribution in [0.5, 0.6) is 0 Å². The number of hydrogen-bond acceptors (Lipinski definition) is 3. The highest BCUT2D eigenvalue weighted by atomic mass is 35.5. The maximum absolute atomic E-state index is 14.5. The molecule has 0 radical (unpaired) electrons. The third kappa shape index (κ3) is 5.20. The Kier molecular flexibility index (Phi) is 6.32. The molecule has 0 bridgehead atoms. The molecule has 29 heavy (non-hydrogen) atoms. The molecule has 0 saturated heterocycles. The van der Waals surface area contributed by atoms with Crippen LogP contribution in [-0.2, 0) is 10.0 Å². The standard InChI is InChI=1S/C21H18ClFN2O3S/c1-14(15-6-3-2-4-7-15)25-29(27,28)18-10-11-20(19(23)13-18)24-21(26)16-8-5-9-17(22)12-16/h2-14,25H,1H3,(H,24,26). The van der Waals surface area contributed by atoms with Crippen molar-refractivity contribution in [1.29, 1.82) is 0 Å². The molecule has 0 saturated carbocycles. The number of anilines is 1. The van der Waals surface area contributed by atoms with Gasteiger partial charge in [-0.1, -0.05) is 48.0 Å². The zero-order valence-corrected chi connectivity index (χ0v) is 17.0. The molecule has 0 aliphatic heterocycles. The number of halogens is 2. The largest absolute Gasteiger partial charge is 0.319 e. The van der Waals surface area contributed by atoms with E-state index in [1.54, 1.807) is 43.3 Å². The second-order valence-electron chi connectivity index (χ2n) is 6.36. The molecule has 2 N–H and O–H groups in total. The molecule has 1 unspecified atom stereocenters. The molecule has 8 heteroatoms. The van der Waals surface area contributed by atoms with Crippen molar-refractivity contribution in [2.24, 2.45) is 0 Å². The van der Waals surface area contributed by atoms with Gasteiger partial charge in [0.2, 0.25) is 10.0 Å². The molecule has 150 valence electrons. The van der Waals surface area contributed by atoms with Gasteiger partial charge in [0.05, 0.1) is 10.6 Å². The smallest absolute Gasteiger partial charge is 0.255 e. The maximum Gasteiger partial charge on any atom is 0.255 e. The van der Waals surface area contributed by atoms with Gasteiger partial charge in [-0.15, -0.1) is 0 Å². The lowest BCUT2D eigenvalue weighted by Crippen LogP contribution is -2.27. The van der Waals surface area contributed by atoms with Crippen LogP contribution in [0, 0.1) is 5.82 Å². The number of benzene rings is 3. The molecule has 1 amide bonds. The Hall–Kier alpha value is -2.74. The van der Waals surface area contributed by atoms with Crippen LogP contribution in [0.2, 0.25) is 5.02 Å². The third-order valence-electron chi connectivity index (χ3n) is 4.22. The second-order valence-corrected chi connectivity index (χ2v) is 8.51. The van der Waals surface area contributed by atoms with Crippen molar-refractivity contribution in [3.8, 4) is 0 Å². The highest BCUT2D eigenvalue weighted by molar-refractivity contribution is 7.89. The van der Waals surface area contributed by atoms with Crippen LogP contribution >= 0.6 is 11.6 Å². The average Bonchev–Trinajstić information content (AvgIpc) is 2.69. The molecular formula is C21H18ClFN2O3S. The lowest BCUT2D eigenvalue weighted by Gasteiger charge is -2.15. The Morgan fingerprint density at radius 3 is 2.38 bits per heavy atom. The van der Waals surface area contributed by atoms with Crippen molar-refractivity contribution in [1.82, 2.24) is 4.72 Å². The molecule has 0 aliphatic rings. The van der Waals surface area contributed by atoms with Crippen LogP contribution < -0.4 is 10.0 Å². The van der Waals surface area contributed by atoms with Crippen LogP contribution in [0.4, 0.5) is 10.1 Å². The topological polar surface area (TPSA) is 75.3 Å². The number of nitrogens with one attached hydrogen (secondary N) is 2. The van der Waals surface area contributed by atoms with Crippen LogP contribution in [0.3, 0.4) is 0 Å². The van der Waals surface area contributed by atoms with Crippen molar-refractivity contribution in [3.05, 3.63) is 94.8 Å². The Balaban J connectivity index is 1.77. The summed E-state index contributed by atoms with van der Waals surface area (Å²) in [5.74, 6) is -1.42. The highest BCUT2D eigenvalue weighted by Crippen LogP contribution is 2.22. The van der Waals surface area contributed by atoms with Crippen molar-refractivity contribution in [3.63, 3.8) is 0 Å². The van der Waals surface area contributed by atoms with E-state index in [1.807, 2.05) is 6.07 Å². The number of hydrogen-bond donors (Lipinski definition) is 2. The van der Waals surface area contributed by atoms with Crippen molar-refractivity contribution in [2.75, 3.05) is 5.32 Å². The maximum atomic E-state index is 14.5. The van der Waals surface area contributed by atoms with Crippen molar-refractivity contribution >= 4 is 33.2 Å². The number of rotatable bonds is 6. The van der Waals surface area contributed by atoms with Crippen LogP contribution in [0.1, 0.15) is 28.9 Å². The van der Waals surface area contributed by atoms with Crippen LogP contribution in [-0.4, -0.2) is 14.3 Å². The van der Waals surface area contributed by atoms with Gasteiger partial charge in [-0.3, -0.25) is 4.79 Å². The summed E-state index contributed by atoms with van der Waals surface area (Å²) < 4.78 is 42.1. The van der Waals surface area contributed by atoms with E-state index in [4.69, 9.17) is 11.6 Å². The SMILES string of the molecule is CC(NS(=O)(=O)c1ccc(NC(=O)c2cccc(Cl)c2)c(F)c1)c1ccccc1. The summed E-state index contributed by atoms with van der Waals surface area (Å²) in [7, 11) is -3.95. The summed E-state index contributed by atoms with van der Waals surface area (Å²) in [6, 6.07) is 18.0. The quantitative estimate of drug-likeness (QED) is 0.589. The van der Waals surface area contributed by atoms with Gasteiger partial charge in [0, 0.05) is 16.6 Å². The Labute approximate surface area is 173 Å². The molecule has 0 aliphatic carbocycles. The van der Waals surface area contributed by atoms with Gasteiger partial charge >= 0.3 is 0 Å². The first kappa shape index (κ1) is 21.0. The average molecular weight is 433 g/mol.